The molecule has 4 heterocycles. The molecule has 0 unspecified atom stereocenters. The van der Waals surface area contributed by atoms with Crippen molar-refractivity contribution in [1.82, 2.24) is 19.6 Å². The van der Waals surface area contributed by atoms with E-state index in [1.54, 1.807) is 17.5 Å². The Morgan fingerprint density at radius 3 is 2.54 bits per heavy atom. The van der Waals surface area contributed by atoms with Crippen LogP contribution in [-0.4, -0.2) is 43.9 Å². The third-order valence-electron chi connectivity index (χ3n) is 3.96. The van der Waals surface area contributed by atoms with Crippen LogP contribution in [0.2, 0.25) is 0 Å². The van der Waals surface area contributed by atoms with Crippen molar-refractivity contribution in [2.75, 3.05) is 18.0 Å². The van der Waals surface area contributed by atoms with Crippen LogP contribution in [0, 0.1) is 0 Å². The van der Waals surface area contributed by atoms with Gasteiger partial charge in [-0.05, 0) is 39.8 Å². The molecule has 0 aromatic carbocycles. The third kappa shape index (κ3) is 2.89. The van der Waals surface area contributed by atoms with Gasteiger partial charge in [0.1, 0.15) is 0 Å². The molecule has 6 nitrogen and oxygen atoms in total. The molecule has 0 spiro atoms. The van der Waals surface area contributed by atoms with Gasteiger partial charge in [-0.1, -0.05) is 11.3 Å². The molecule has 24 heavy (non-hydrogen) atoms. The molecule has 0 radical (unpaired) electrons. The molecule has 3 aromatic heterocycles. The zero-order chi connectivity index (χ0) is 16.9. The second-order valence-corrected chi connectivity index (χ2v) is 8.39. The highest BCUT2D eigenvalue weighted by atomic mass is 32.1. The van der Waals surface area contributed by atoms with Gasteiger partial charge in [-0.25, -0.2) is 9.50 Å². The van der Waals surface area contributed by atoms with E-state index in [-0.39, 0.29) is 11.2 Å². The van der Waals surface area contributed by atoms with Gasteiger partial charge in [0.15, 0.2) is 0 Å². The van der Waals surface area contributed by atoms with E-state index in [9.17, 15) is 0 Å². The van der Waals surface area contributed by atoms with Crippen LogP contribution < -0.4 is 4.90 Å². The smallest absolute Gasteiger partial charge is 0.214 e. The monoisotopic (exact) mass is 343 g/mol. The highest BCUT2D eigenvalue weighted by molar-refractivity contribution is 7.20. The van der Waals surface area contributed by atoms with E-state index in [2.05, 4.69) is 37.6 Å². The van der Waals surface area contributed by atoms with Crippen molar-refractivity contribution in [3.05, 3.63) is 30.7 Å². The summed E-state index contributed by atoms with van der Waals surface area (Å²) in [7, 11) is 0. The summed E-state index contributed by atoms with van der Waals surface area (Å²) in [6, 6.07) is 3.92. The summed E-state index contributed by atoms with van der Waals surface area (Å²) in [4.78, 5) is 12.0. The molecular formula is C17H21N5OS. The minimum absolute atomic E-state index is 0.198. The summed E-state index contributed by atoms with van der Waals surface area (Å²) < 4.78 is 8.01. The van der Waals surface area contributed by atoms with Crippen LogP contribution in [0.5, 0.6) is 0 Å². The molecule has 0 atom stereocenters. The van der Waals surface area contributed by atoms with E-state index in [1.165, 1.54) is 0 Å². The Kier molecular flexibility index (Phi) is 3.40. The number of morpholine rings is 1. The summed E-state index contributed by atoms with van der Waals surface area (Å²) >= 11 is 1.61. The van der Waals surface area contributed by atoms with Crippen molar-refractivity contribution < 1.29 is 4.74 Å². The molecule has 126 valence electrons. The lowest BCUT2D eigenvalue weighted by molar-refractivity contribution is -0.133. The molecular weight excluding hydrogens is 322 g/mol. The van der Waals surface area contributed by atoms with Gasteiger partial charge in [0.2, 0.25) is 10.1 Å². The van der Waals surface area contributed by atoms with Gasteiger partial charge < -0.3 is 9.64 Å². The van der Waals surface area contributed by atoms with Crippen LogP contribution in [0.25, 0.3) is 16.2 Å². The fraction of sp³-hybridized carbons (Fsp3) is 0.471. The predicted octanol–water partition coefficient (Wildman–Crippen LogP) is 3.25. The summed E-state index contributed by atoms with van der Waals surface area (Å²) in [6.45, 7) is 10.1. The number of nitrogens with zero attached hydrogens (tertiary/aromatic N) is 5. The first-order chi connectivity index (χ1) is 11.3. The fourth-order valence-corrected chi connectivity index (χ4v) is 4.28. The van der Waals surface area contributed by atoms with Crippen molar-refractivity contribution in [1.29, 1.82) is 0 Å². The minimum Gasteiger partial charge on any atom is -0.366 e. The fourth-order valence-electron chi connectivity index (χ4n) is 3.39. The molecule has 1 aliphatic heterocycles. The van der Waals surface area contributed by atoms with Crippen LogP contribution in [-0.2, 0) is 4.74 Å². The number of hydrogen-bond acceptors (Lipinski definition) is 6. The van der Waals surface area contributed by atoms with Crippen molar-refractivity contribution in [2.24, 2.45) is 0 Å². The molecule has 4 rings (SSSR count). The van der Waals surface area contributed by atoms with Crippen molar-refractivity contribution in [2.45, 2.75) is 38.9 Å². The van der Waals surface area contributed by atoms with Crippen LogP contribution >= 0.6 is 11.3 Å². The van der Waals surface area contributed by atoms with Gasteiger partial charge in [-0.3, -0.25) is 4.98 Å². The maximum atomic E-state index is 6.15. The predicted molar refractivity (Wildman–Crippen MR) is 95.6 cm³/mol. The molecule has 0 aliphatic carbocycles. The highest BCUT2D eigenvalue weighted by Gasteiger charge is 2.39. The second kappa shape index (κ2) is 5.26. The van der Waals surface area contributed by atoms with Gasteiger partial charge in [0, 0.05) is 31.0 Å². The molecule has 1 aliphatic rings. The summed E-state index contributed by atoms with van der Waals surface area (Å²) in [6.07, 6.45) is 5.55. The molecule has 7 heteroatoms. The first-order valence-electron chi connectivity index (χ1n) is 8.03. The molecule has 1 fully saturated rings. The standard InChI is InChI=1S/C17H21N5OS/c1-16(2)10-21(11-17(3,4)23-16)15-20-22-9-13(19-14(22)24-15)12-6-5-7-18-8-12/h5-9H,10-11H2,1-4H3. The van der Waals surface area contributed by atoms with Crippen molar-refractivity contribution >= 4 is 21.4 Å². The molecule has 1 saturated heterocycles. The molecule has 0 amide bonds. The molecule has 3 aromatic rings. The van der Waals surface area contributed by atoms with E-state index in [0.29, 0.717) is 0 Å². The number of pyridine rings is 1. The van der Waals surface area contributed by atoms with E-state index >= 15 is 0 Å². The van der Waals surface area contributed by atoms with Gasteiger partial charge in [0.05, 0.1) is 23.1 Å². The first-order valence-corrected chi connectivity index (χ1v) is 8.85. The Labute approximate surface area is 145 Å². The van der Waals surface area contributed by atoms with E-state index in [0.717, 1.165) is 34.4 Å². The topological polar surface area (TPSA) is 55.6 Å². The number of aromatic nitrogens is 4. The minimum atomic E-state index is -0.198. The lowest BCUT2D eigenvalue weighted by Gasteiger charge is -2.46. The Morgan fingerprint density at radius 1 is 1.17 bits per heavy atom. The maximum absolute atomic E-state index is 6.15. The van der Waals surface area contributed by atoms with Gasteiger partial charge >= 0.3 is 0 Å². The zero-order valence-electron chi connectivity index (χ0n) is 14.4. The highest BCUT2D eigenvalue weighted by Crippen LogP contribution is 2.34. The Balaban J connectivity index is 1.65. The number of fused-ring (bicyclic) bond motifs is 1. The van der Waals surface area contributed by atoms with E-state index in [4.69, 9.17) is 14.8 Å². The van der Waals surface area contributed by atoms with Crippen LogP contribution in [0.3, 0.4) is 0 Å². The van der Waals surface area contributed by atoms with Gasteiger partial charge in [0.25, 0.3) is 0 Å². The lowest BCUT2D eigenvalue weighted by Crippen LogP contribution is -2.57. The largest absolute Gasteiger partial charge is 0.366 e. The Hall–Kier alpha value is -1.99. The van der Waals surface area contributed by atoms with Crippen LogP contribution in [0.4, 0.5) is 5.13 Å². The molecule has 0 bridgehead atoms. The number of hydrogen-bond donors (Lipinski definition) is 0. The van der Waals surface area contributed by atoms with Crippen LogP contribution in [0.15, 0.2) is 30.7 Å². The number of ether oxygens (including phenoxy) is 1. The summed E-state index contributed by atoms with van der Waals surface area (Å²) in [5, 5.41) is 5.72. The number of rotatable bonds is 2. The lowest BCUT2D eigenvalue weighted by atomic mass is 9.99. The summed E-state index contributed by atoms with van der Waals surface area (Å²) in [5.74, 6) is 0. The zero-order valence-corrected chi connectivity index (χ0v) is 15.2. The Morgan fingerprint density at radius 2 is 1.92 bits per heavy atom. The number of anilines is 1. The quantitative estimate of drug-likeness (QED) is 0.715. The molecule has 0 saturated carbocycles. The maximum Gasteiger partial charge on any atom is 0.214 e. The normalized spacial score (nSPS) is 19.8. The van der Waals surface area contributed by atoms with Crippen LogP contribution in [0.1, 0.15) is 27.7 Å². The average Bonchev–Trinajstić information content (AvgIpc) is 3.03. The molecule has 0 N–H and O–H groups in total. The van der Waals surface area contributed by atoms with E-state index < -0.39 is 0 Å². The second-order valence-electron chi connectivity index (χ2n) is 7.46. The SMILES string of the molecule is CC1(C)CN(c2nn3cc(-c4cccnc4)nc3s2)CC(C)(C)O1. The third-order valence-corrected chi connectivity index (χ3v) is 4.94. The van der Waals surface area contributed by atoms with E-state index in [1.807, 2.05) is 29.0 Å². The van der Waals surface area contributed by atoms with Crippen molar-refractivity contribution in [3.8, 4) is 11.3 Å². The van der Waals surface area contributed by atoms with Gasteiger partial charge in [-0.15, -0.1) is 5.10 Å². The van der Waals surface area contributed by atoms with Crippen molar-refractivity contribution in [3.63, 3.8) is 0 Å². The van der Waals surface area contributed by atoms with Gasteiger partial charge in [-0.2, -0.15) is 0 Å². The Bertz CT molecular complexity index is 820. The summed E-state index contributed by atoms with van der Waals surface area (Å²) in [5.41, 5.74) is 1.51. The number of imidazole rings is 1. The average molecular weight is 343 g/mol. The first kappa shape index (κ1) is 15.5.